The van der Waals surface area contributed by atoms with Crippen LogP contribution < -0.4 is 0 Å². The van der Waals surface area contributed by atoms with Gasteiger partial charge >= 0.3 is 0 Å². The SMILES string of the molecule is CC(C)S[C@]1(Cc2ccccc2)CCC[S@]1=O. The van der Waals surface area contributed by atoms with Gasteiger partial charge < -0.3 is 0 Å². The minimum absolute atomic E-state index is 0.0322. The molecular formula is C14H20OS2. The van der Waals surface area contributed by atoms with E-state index in [1.165, 1.54) is 5.56 Å². The van der Waals surface area contributed by atoms with Crippen LogP contribution in [0.5, 0.6) is 0 Å². The number of benzene rings is 1. The molecule has 0 bridgehead atoms. The summed E-state index contributed by atoms with van der Waals surface area (Å²) < 4.78 is 12.3. The second-order valence-electron chi connectivity index (χ2n) is 4.89. The van der Waals surface area contributed by atoms with Crippen molar-refractivity contribution in [3.8, 4) is 0 Å². The van der Waals surface area contributed by atoms with Crippen LogP contribution in [0.15, 0.2) is 30.3 Å². The maximum absolute atomic E-state index is 12.3. The Morgan fingerprint density at radius 2 is 2.06 bits per heavy atom. The van der Waals surface area contributed by atoms with Crippen molar-refractivity contribution < 1.29 is 4.21 Å². The molecule has 0 saturated carbocycles. The Balaban J connectivity index is 2.19. The molecule has 2 rings (SSSR count). The summed E-state index contributed by atoms with van der Waals surface area (Å²) in [6.45, 7) is 4.40. The number of hydrogen-bond donors (Lipinski definition) is 0. The summed E-state index contributed by atoms with van der Waals surface area (Å²) in [4.78, 5) is 0. The normalized spacial score (nSPS) is 28.8. The molecule has 1 aliphatic heterocycles. The average Bonchev–Trinajstić information content (AvgIpc) is 2.61. The maximum Gasteiger partial charge on any atom is 0.0951 e. The van der Waals surface area contributed by atoms with E-state index in [-0.39, 0.29) is 4.08 Å². The van der Waals surface area contributed by atoms with E-state index in [1.807, 2.05) is 17.8 Å². The van der Waals surface area contributed by atoms with Crippen molar-refractivity contribution in [2.45, 2.75) is 42.4 Å². The standard InChI is InChI=1S/C14H20OS2/c1-12(2)16-14(9-6-10-17(14)15)11-13-7-4-3-5-8-13/h3-5,7-8,12H,6,9-11H2,1-2H3/t14-,17-/m1/s1. The topological polar surface area (TPSA) is 17.1 Å². The Morgan fingerprint density at radius 3 is 2.59 bits per heavy atom. The molecule has 1 aromatic rings. The van der Waals surface area contributed by atoms with E-state index in [4.69, 9.17) is 0 Å². The number of rotatable bonds is 4. The molecule has 0 unspecified atom stereocenters. The second kappa shape index (κ2) is 5.57. The molecule has 1 aliphatic rings. The van der Waals surface area contributed by atoms with Crippen LogP contribution in [-0.2, 0) is 17.2 Å². The molecule has 1 aromatic carbocycles. The molecule has 0 spiro atoms. The number of thioether (sulfide) groups is 1. The molecular weight excluding hydrogens is 248 g/mol. The van der Waals surface area contributed by atoms with Gasteiger partial charge in [0.25, 0.3) is 0 Å². The first-order valence-electron chi connectivity index (χ1n) is 6.23. The Morgan fingerprint density at radius 1 is 1.35 bits per heavy atom. The molecule has 17 heavy (non-hydrogen) atoms. The van der Waals surface area contributed by atoms with Crippen LogP contribution in [0.3, 0.4) is 0 Å². The molecule has 94 valence electrons. The second-order valence-corrected chi connectivity index (χ2v) is 8.99. The van der Waals surface area contributed by atoms with E-state index in [1.54, 1.807) is 0 Å². The summed E-state index contributed by atoms with van der Waals surface area (Å²) in [5.74, 6) is 0.882. The summed E-state index contributed by atoms with van der Waals surface area (Å²) in [5, 5.41) is 0.542. The monoisotopic (exact) mass is 268 g/mol. The lowest BCUT2D eigenvalue weighted by molar-refractivity contribution is 0.661. The molecule has 1 fully saturated rings. The fourth-order valence-corrected chi connectivity index (χ4v) is 6.54. The highest BCUT2D eigenvalue weighted by atomic mass is 32.2. The molecule has 0 aromatic heterocycles. The van der Waals surface area contributed by atoms with Gasteiger partial charge in [-0.3, -0.25) is 4.21 Å². The van der Waals surface area contributed by atoms with Gasteiger partial charge in [0.05, 0.1) is 4.08 Å². The molecule has 0 amide bonds. The van der Waals surface area contributed by atoms with Gasteiger partial charge in [0, 0.05) is 21.8 Å². The Labute approximate surface area is 111 Å². The Hall–Kier alpha value is -0.280. The van der Waals surface area contributed by atoms with E-state index >= 15 is 0 Å². The fraction of sp³-hybridized carbons (Fsp3) is 0.571. The van der Waals surface area contributed by atoms with E-state index in [0.29, 0.717) is 5.25 Å². The van der Waals surface area contributed by atoms with Crippen molar-refractivity contribution in [1.82, 2.24) is 0 Å². The lowest BCUT2D eigenvalue weighted by Crippen LogP contribution is -2.30. The van der Waals surface area contributed by atoms with E-state index in [2.05, 4.69) is 38.1 Å². The summed E-state index contributed by atoms with van der Waals surface area (Å²) in [5.41, 5.74) is 1.32. The van der Waals surface area contributed by atoms with Crippen LogP contribution in [0, 0.1) is 0 Å². The molecule has 0 aliphatic carbocycles. The zero-order valence-corrected chi connectivity index (χ0v) is 12.2. The average molecular weight is 268 g/mol. The summed E-state index contributed by atoms with van der Waals surface area (Å²) in [6.07, 6.45) is 3.15. The minimum atomic E-state index is -0.677. The van der Waals surface area contributed by atoms with E-state index < -0.39 is 10.8 Å². The highest BCUT2D eigenvalue weighted by Gasteiger charge is 2.42. The van der Waals surface area contributed by atoms with Gasteiger partial charge in [-0.05, 0) is 24.8 Å². The van der Waals surface area contributed by atoms with Crippen molar-refractivity contribution >= 4 is 22.6 Å². The zero-order chi connectivity index (χ0) is 12.3. The lowest BCUT2D eigenvalue weighted by Gasteiger charge is -2.29. The van der Waals surface area contributed by atoms with Crippen molar-refractivity contribution in [2.75, 3.05) is 5.75 Å². The first-order valence-corrected chi connectivity index (χ1v) is 8.42. The summed E-state index contributed by atoms with van der Waals surface area (Å²) in [6, 6.07) is 10.5. The molecule has 1 nitrogen and oxygen atoms in total. The van der Waals surface area contributed by atoms with Gasteiger partial charge in [-0.2, -0.15) is 0 Å². The lowest BCUT2D eigenvalue weighted by atomic mass is 10.1. The van der Waals surface area contributed by atoms with Crippen LogP contribution >= 0.6 is 11.8 Å². The third-order valence-electron chi connectivity index (χ3n) is 3.07. The number of hydrogen-bond acceptors (Lipinski definition) is 2. The first kappa shape index (κ1) is 13.2. The van der Waals surface area contributed by atoms with E-state index in [0.717, 1.165) is 25.0 Å². The first-order chi connectivity index (χ1) is 8.12. The Kier molecular flexibility index (Phi) is 4.31. The molecule has 1 heterocycles. The van der Waals surface area contributed by atoms with Crippen LogP contribution in [-0.4, -0.2) is 19.3 Å². The quantitative estimate of drug-likeness (QED) is 0.830. The summed E-state index contributed by atoms with van der Waals surface area (Å²) >= 11 is 1.91. The van der Waals surface area contributed by atoms with Gasteiger partial charge in [0.2, 0.25) is 0 Å². The van der Waals surface area contributed by atoms with Gasteiger partial charge in [0.15, 0.2) is 0 Å². The highest BCUT2D eigenvalue weighted by molar-refractivity contribution is 8.13. The van der Waals surface area contributed by atoms with Gasteiger partial charge in [-0.1, -0.05) is 44.2 Å². The molecule has 3 heteroatoms. The smallest absolute Gasteiger partial charge is 0.0951 e. The molecule has 0 radical (unpaired) electrons. The van der Waals surface area contributed by atoms with Crippen molar-refractivity contribution in [3.63, 3.8) is 0 Å². The van der Waals surface area contributed by atoms with Crippen molar-refractivity contribution in [2.24, 2.45) is 0 Å². The summed E-state index contributed by atoms with van der Waals surface area (Å²) in [7, 11) is -0.677. The molecule has 1 saturated heterocycles. The van der Waals surface area contributed by atoms with Crippen molar-refractivity contribution in [1.29, 1.82) is 0 Å². The molecule has 2 atom stereocenters. The zero-order valence-electron chi connectivity index (χ0n) is 10.5. The maximum atomic E-state index is 12.3. The predicted molar refractivity (Wildman–Crippen MR) is 77.8 cm³/mol. The van der Waals surface area contributed by atoms with E-state index in [9.17, 15) is 4.21 Å². The van der Waals surface area contributed by atoms with Crippen LogP contribution in [0.2, 0.25) is 0 Å². The third kappa shape index (κ3) is 3.14. The van der Waals surface area contributed by atoms with Crippen LogP contribution in [0.1, 0.15) is 32.3 Å². The fourth-order valence-electron chi connectivity index (χ4n) is 2.43. The predicted octanol–water partition coefficient (Wildman–Crippen LogP) is 3.61. The Bertz CT molecular complexity index is 388. The molecule has 0 N–H and O–H groups in total. The van der Waals surface area contributed by atoms with Crippen LogP contribution in [0.4, 0.5) is 0 Å². The van der Waals surface area contributed by atoms with Gasteiger partial charge in [-0.25, -0.2) is 0 Å². The van der Waals surface area contributed by atoms with Crippen LogP contribution in [0.25, 0.3) is 0 Å². The van der Waals surface area contributed by atoms with Gasteiger partial charge in [-0.15, -0.1) is 11.8 Å². The largest absolute Gasteiger partial charge is 0.258 e. The van der Waals surface area contributed by atoms with Gasteiger partial charge in [0.1, 0.15) is 0 Å². The highest BCUT2D eigenvalue weighted by Crippen LogP contribution is 2.44. The van der Waals surface area contributed by atoms with Crippen molar-refractivity contribution in [3.05, 3.63) is 35.9 Å². The third-order valence-corrected chi connectivity index (χ3v) is 7.00. The minimum Gasteiger partial charge on any atom is -0.258 e.